The standard InChI is InChI=1S/C8H7F3N2O2/c1-15-8(14)6-5(12)4(9)3(2-13-6)7(10)11/h2,7H,12H2,1H3. The number of carbonyl (C=O) groups is 1. The average molecular weight is 220 g/mol. The minimum absolute atomic E-state index is 0.514. The number of hydrogen-bond acceptors (Lipinski definition) is 4. The molecule has 7 heteroatoms. The quantitative estimate of drug-likeness (QED) is 0.767. The Morgan fingerprint density at radius 3 is 2.67 bits per heavy atom. The van der Waals surface area contributed by atoms with Gasteiger partial charge in [-0.05, 0) is 0 Å². The van der Waals surface area contributed by atoms with Crippen LogP contribution >= 0.6 is 0 Å². The third kappa shape index (κ3) is 2.00. The fourth-order valence-corrected chi connectivity index (χ4v) is 0.931. The van der Waals surface area contributed by atoms with Gasteiger partial charge in [-0.2, -0.15) is 0 Å². The van der Waals surface area contributed by atoms with E-state index in [1.165, 1.54) is 0 Å². The molecule has 0 saturated heterocycles. The Kier molecular flexibility index (Phi) is 3.13. The van der Waals surface area contributed by atoms with Gasteiger partial charge in [-0.3, -0.25) is 0 Å². The van der Waals surface area contributed by atoms with Crippen molar-refractivity contribution in [1.82, 2.24) is 4.98 Å². The first-order valence-corrected chi connectivity index (χ1v) is 3.79. The highest BCUT2D eigenvalue weighted by atomic mass is 19.3. The van der Waals surface area contributed by atoms with Crippen molar-refractivity contribution in [1.29, 1.82) is 0 Å². The van der Waals surface area contributed by atoms with Crippen molar-refractivity contribution >= 4 is 11.7 Å². The van der Waals surface area contributed by atoms with E-state index < -0.39 is 35.2 Å². The summed E-state index contributed by atoms with van der Waals surface area (Å²) in [5.74, 6) is -2.33. The van der Waals surface area contributed by atoms with Crippen LogP contribution < -0.4 is 5.73 Å². The van der Waals surface area contributed by atoms with Gasteiger partial charge in [0.1, 0.15) is 5.69 Å². The normalized spacial score (nSPS) is 10.5. The van der Waals surface area contributed by atoms with Gasteiger partial charge in [0.25, 0.3) is 6.43 Å². The Labute approximate surface area is 82.9 Å². The maximum absolute atomic E-state index is 13.2. The molecule has 0 aliphatic heterocycles. The van der Waals surface area contributed by atoms with Crippen molar-refractivity contribution in [3.05, 3.63) is 23.3 Å². The van der Waals surface area contributed by atoms with Crippen LogP contribution in [-0.4, -0.2) is 18.1 Å². The Balaban J connectivity index is 3.27. The fraction of sp³-hybridized carbons (Fsp3) is 0.250. The molecule has 1 rings (SSSR count). The van der Waals surface area contributed by atoms with Crippen LogP contribution in [0.4, 0.5) is 18.9 Å². The summed E-state index contributed by atoms with van der Waals surface area (Å²) in [6.07, 6.45) is -2.48. The van der Waals surface area contributed by atoms with Crippen molar-refractivity contribution in [3.63, 3.8) is 0 Å². The summed E-state index contributed by atoms with van der Waals surface area (Å²) in [6.45, 7) is 0. The van der Waals surface area contributed by atoms with Crippen LogP contribution in [-0.2, 0) is 4.74 Å². The summed E-state index contributed by atoms with van der Waals surface area (Å²) in [7, 11) is 1.04. The Morgan fingerprint density at radius 2 is 2.20 bits per heavy atom. The predicted molar refractivity (Wildman–Crippen MR) is 44.9 cm³/mol. The lowest BCUT2D eigenvalue weighted by Gasteiger charge is -2.07. The van der Waals surface area contributed by atoms with E-state index in [0.29, 0.717) is 6.20 Å². The number of anilines is 1. The molecule has 1 aromatic rings. The Morgan fingerprint density at radius 1 is 1.60 bits per heavy atom. The van der Waals surface area contributed by atoms with Crippen LogP contribution in [0.2, 0.25) is 0 Å². The van der Waals surface area contributed by atoms with Gasteiger partial charge in [0.15, 0.2) is 11.5 Å². The van der Waals surface area contributed by atoms with Gasteiger partial charge >= 0.3 is 5.97 Å². The van der Waals surface area contributed by atoms with E-state index in [0.717, 1.165) is 7.11 Å². The van der Waals surface area contributed by atoms with E-state index in [9.17, 15) is 18.0 Å². The molecule has 0 aliphatic rings. The van der Waals surface area contributed by atoms with Gasteiger partial charge in [0.05, 0.1) is 12.7 Å². The molecule has 15 heavy (non-hydrogen) atoms. The second-order valence-corrected chi connectivity index (χ2v) is 2.58. The molecule has 4 nitrogen and oxygen atoms in total. The molecule has 0 radical (unpaired) electrons. The smallest absolute Gasteiger partial charge is 0.358 e. The third-order valence-corrected chi connectivity index (χ3v) is 1.69. The minimum Gasteiger partial charge on any atom is -0.464 e. The maximum Gasteiger partial charge on any atom is 0.358 e. The SMILES string of the molecule is COC(=O)c1ncc(C(F)F)c(F)c1N. The third-order valence-electron chi connectivity index (χ3n) is 1.69. The summed E-state index contributed by atoms with van der Waals surface area (Å²) < 4.78 is 41.7. The zero-order valence-corrected chi connectivity index (χ0v) is 7.63. The van der Waals surface area contributed by atoms with Gasteiger partial charge in [-0.15, -0.1) is 0 Å². The van der Waals surface area contributed by atoms with Crippen molar-refractivity contribution in [2.75, 3.05) is 12.8 Å². The molecular weight excluding hydrogens is 213 g/mol. The van der Waals surface area contributed by atoms with Crippen LogP contribution in [0.15, 0.2) is 6.20 Å². The highest BCUT2D eigenvalue weighted by molar-refractivity contribution is 5.92. The largest absolute Gasteiger partial charge is 0.464 e. The van der Waals surface area contributed by atoms with Gasteiger partial charge in [-0.1, -0.05) is 0 Å². The van der Waals surface area contributed by atoms with E-state index in [1.54, 1.807) is 0 Å². The van der Waals surface area contributed by atoms with Crippen LogP contribution in [0.5, 0.6) is 0 Å². The second kappa shape index (κ2) is 4.16. The van der Waals surface area contributed by atoms with Crippen molar-refractivity contribution in [2.45, 2.75) is 6.43 Å². The van der Waals surface area contributed by atoms with Gasteiger partial charge in [0, 0.05) is 6.20 Å². The summed E-state index contributed by atoms with van der Waals surface area (Å²) >= 11 is 0. The molecule has 0 bridgehead atoms. The first-order valence-electron chi connectivity index (χ1n) is 3.79. The molecule has 0 spiro atoms. The molecule has 0 saturated carbocycles. The number of rotatable bonds is 2. The molecule has 0 unspecified atom stereocenters. The molecule has 0 fully saturated rings. The van der Waals surface area contributed by atoms with Crippen molar-refractivity contribution in [2.24, 2.45) is 0 Å². The summed E-state index contributed by atoms with van der Waals surface area (Å²) in [4.78, 5) is 14.3. The van der Waals surface area contributed by atoms with Crippen LogP contribution in [0.3, 0.4) is 0 Å². The van der Waals surface area contributed by atoms with Crippen LogP contribution in [0.25, 0.3) is 0 Å². The summed E-state index contributed by atoms with van der Waals surface area (Å²) in [6, 6.07) is 0. The first kappa shape index (κ1) is 11.3. The Hall–Kier alpha value is -1.79. The number of nitrogens with zero attached hydrogens (tertiary/aromatic N) is 1. The number of nitrogen functional groups attached to an aromatic ring is 1. The van der Waals surface area contributed by atoms with Gasteiger partial charge in [-0.25, -0.2) is 22.9 Å². The topological polar surface area (TPSA) is 65.2 Å². The molecule has 0 amide bonds. The van der Waals surface area contributed by atoms with Crippen molar-refractivity contribution in [3.8, 4) is 0 Å². The zero-order chi connectivity index (χ0) is 11.6. The molecular formula is C8H7F3N2O2. The number of alkyl halides is 2. The van der Waals surface area contributed by atoms with Crippen LogP contribution in [0.1, 0.15) is 22.5 Å². The van der Waals surface area contributed by atoms with E-state index in [1.807, 2.05) is 0 Å². The molecule has 1 heterocycles. The lowest BCUT2D eigenvalue weighted by atomic mass is 10.2. The maximum atomic E-state index is 13.2. The number of carbonyl (C=O) groups excluding carboxylic acids is 1. The number of pyridine rings is 1. The molecule has 0 aliphatic carbocycles. The highest BCUT2D eigenvalue weighted by Crippen LogP contribution is 2.26. The minimum atomic E-state index is -3.04. The number of nitrogens with two attached hydrogens (primary N) is 1. The van der Waals surface area contributed by atoms with E-state index >= 15 is 0 Å². The summed E-state index contributed by atoms with van der Waals surface area (Å²) in [5.41, 5.74) is 2.93. The lowest BCUT2D eigenvalue weighted by molar-refractivity contribution is 0.0594. The van der Waals surface area contributed by atoms with E-state index in [2.05, 4.69) is 9.72 Å². The van der Waals surface area contributed by atoms with Crippen molar-refractivity contribution < 1.29 is 22.7 Å². The molecule has 0 atom stereocenters. The monoisotopic (exact) mass is 220 g/mol. The number of halogens is 3. The summed E-state index contributed by atoms with van der Waals surface area (Å²) in [5, 5.41) is 0. The number of ether oxygens (including phenoxy) is 1. The zero-order valence-electron chi connectivity index (χ0n) is 7.63. The lowest BCUT2D eigenvalue weighted by Crippen LogP contribution is -2.11. The highest BCUT2D eigenvalue weighted by Gasteiger charge is 2.22. The average Bonchev–Trinajstić information content (AvgIpc) is 2.20. The Bertz CT molecular complexity index is 396. The first-order chi connectivity index (χ1) is 6.99. The van der Waals surface area contributed by atoms with Gasteiger partial charge in [0.2, 0.25) is 0 Å². The molecule has 2 N–H and O–H groups in total. The second-order valence-electron chi connectivity index (χ2n) is 2.58. The molecule has 0 aromatic carbocycles. The number of aromatic nitrogens is 1. The van der Waals surface area contributed by atoms with E-state index in [-0.39, 0.29) is 0 Å². The number of methoxy groups -OCH3 is 1. The van der Waals surface area contributed by atoms with Crippen LogP contribution in [0, 0.1) is 5.82 Å². The van der Waals surface area contributed by atoms with E-state index in [4.69, 9.17) is 5.73 Å². The fourth-order valence-electron chi connectivity index (χ4n) is 0.931. The molecule has 82 valence electrons. The van der Waals surface area contributed by atoms with Gasteiger partial charge < -0.3 is 10.5 Å². The molecule has 1 aromatic heterocycles. The number of hydrogen-bond donors (Lipinski definition) is 1. The number of esters is 1. The predicted octanol–water partition coefficient (Wildman–Crippen LogP) is 1.53.